The van der Waals surface area contributed by atoms with Gasteiger partial charge in [0.2, 0.25) is 5.88 Å². The van der Waals surface area contributed by atoms with Gasteiger partial charge < -0.3 is 9.72 Å². The normalized spacial score (nSPS) is 10.3. The molecular weight excluding hydrogens is 247 g/mol. The molecule has 1 aromatic carbocycles. The van der Waals surface area contributed by atoms with E-state index in [9.17, 15) is 9.18 Å². The van der Waals surface area contributed by atoms with Crippen LogP contribution in [-0.4, -0.2) is 9.97 Å². The molecule has 2 rings (SSSR count). The molecule has 88 valence electrons. The van der Waals surface area contributed by atoms with E-state index in [2.05, 4.69) is 9.97 Å². The molecule has 0 atom stereocenters. The van der Waals surface area contributed by atoms with Crippen LogP contribution < -0.4 is 10.3 Å². The highest BCUT2D eigenvalue weighted by atomic mass is 35.5. The molecule has 0 spiro atoms. The Morgan fingerprint density at radius 2 is 2.24 bits per heavy atom. The fourth-order valence-electron chi connectivity index (χ4n) is 1.23. The maximum atomic E-state index is 13.0. The second kappa shape index (κ2) is 4.55. The fourth-order valence-corrected chi connectivity index (χ4v) is 1.37. The van der Waals surface area contributed by atoms with Gasteiger partial charge in [0.15, 0.2) is 5.02 Å². The monoisotopic (exact) mass is 254 g/mol. The van der Waals surface area contributed by atoms with Crippen molar-refractivity contribution in [3.05, 3.63) is 51.3 Å². The van der Waals surface area contributed by atoms with Crippen LogP contribution in [0.4, 0.5) is 4.39 Å². The van der Waals surface area contributed by atoms with Crippen molar-refractivity contribution in [2.45, 2.75) is 6.92 Å². The van der Waals surface area contributed by atoms with E-state index in [0.29, 0.717) is 11.3 Å². The molecule has 0 aliphatic rings. The van der Waals surface area contributed by atoms with Crippen LogP contribution in [0.3, 0.4) is 0 Å². The van der Waals surface area contributed by atoms with Crippen molar-refractivity contribution in [1.29, 1.82) is 0 Å². The number of aromatic amines is 1. The summed E-state index contributed by atoms with van der Waals surface area (Å²) in [5.41, 5.74) is -0.0565. The standard InChI is InChI=1S/C11H8ClFN2O2/c1-6-4-7(2-3-8(6)13)17-11-9(12)10(16)14-5-15-11/h2-5H,1H3,(H,14,15,16). The summed E-state index contributed by atoms with van der Waals surface area (Å²) in [6.07, 6.45) is 1.18. The van der Waals surface area contributed by atoms with Crippen molar-refractivity contribution in [2.75, 3.05) is 0 Å². The van der Waals surface area contributed by atoms with Gasteiger partial charge in [0.25, 0.3) is 5.56 Å². The zero-order valence-corrected chi connectivity index (χ0v) is 9.58. The molecule has 0 saturated heterocycles. The second-order valence-corrected chi connectivity index (χ2v) is 3.74. The van der Waals surface area contributed by atoms with Crippen molar-refractivity contribution < 1.29 is 9.13 Å². The van der Waals surface area contributed by atoms with E-state index in [1.807, 2.05) is 0 Å². The van der Waals surface area contributed by atoms with Crippen LogP contribution in [0.15, 0.2) is 29.3 Å². The third-order valence-corrected chi connectivity index (χ3v) is 2.44. The van der Waals surface area contributed by atoms with Crippen LogP contribution >= 0.6 is 11.6 Å². The number of aromatic nitrogens is 2. The maximum absolute atomic E-state index is 13.0. The second-order valence-electron chi connectivity index (χ2n) is 3.36. The molecule has 0 fully saturated rings. The highest BCUT2D eigenvalue weighted by Crippen LogP contribution is 2.25. The van der Waals surface area contributed by atoms with Gasteiger partial charge in [-0.1, -0.05) is 11.6 Å². The van der Waals surface area contributed by atoms with E-state index in [-0.39, 0.29) is 16.7 Å². The lowest BCUT2D eigenvalue weighted by Crippen LogP contribution is -2.07. The lowest BCUT2D eigenvalue weighted by molar-refractivity contribution is 0.458. The van der Waals surface area contributed by atoms with Crippen molar-refractivity contribution >= 4 is 11.6 Å². The summed E-state index contributed by atoms with van der Waals surface area (Å²) in [6, 6.07) is 4.20. The zero-order valence-electron chi connectivity index (χ0n) is 8.83. The number of aryl methyl sites for hydroxylation is 1. The van der Waals surface area contributed by atoms with E-state index in [1.54, 1.807) is 6.92 Å². The van der Waals surface area contributed by atoms with Gasteiger partial charge in [-0.15, -0.1) is 0 Å². The van der Waals surface area contributed by atoms with Gasteiger partial charge in [0, 0.05) is 0 Å². The Balaban J connectivity index is 2.35. The lowest BCUT2D eigenvalue weighted by atomic mass is 10.2. The number of hydrogen-bond donors (Lipinski definition) is 1. The highest BCUT2D eigenvalue weighted by Gasteiger charge is 2.09. The Morgan fingerprint density at radius 3 is 2.94 bits per heavy atom. The molecule has 0 unspecified atom stereocenters. The molecule has 0 saturated carbocycles. The summed E-state index contributed by atoms with van der Waals surface area (Å²) in [7, 11) is 0. The summed E-state index contributed by atoms with van der Waals surface area (Å²) in [5, 5.41) is -0.144. The van der Waals surface area contributed by atoms with Crippen LogP contribution in [0.5, 0.6) is 11.6 Å². The molecule has 0 radical (unpaired) electrons. The summed E-state index contributed by atoms with van der Waals surface area (Å²) in [5.74, 6) is 0.0210. The Morgan fingerprint density at radius 1 is 1.47 bits per heavy atom. The Labute approximate surface area is 101 Å². The van der Waals surface area contributed by atoms with Gasteiger partial charge in [0.05, 0.1) is 6.33 Å². The first-order valence-corrected chi connectivity index (χ1v) is 5.13. The number of nitrogens with zero attached hydrogens (tertiary/aromatic N) is 1. The molecule has 0 bridgehead atoms. The minimum absolute atomic E-state index is 0.0126. The van der Waals surface area contributed by atoms with Gasteiger partial charge in [-0.05, 0) is 30.7 Å². The molecule has 1 N–H and O–H groups in total. The SMILES string of the molecule is Cc1cc(Oc2nc[nH]c(=O)c2Cl)ccc1F. The Bertz CT molecular complexity index is 613. The van der Waals surface area contributed by atoms with Gasteiger partial charge in [-0.3, -0.25) is 4.79 Å². The van der Waals surface area contributed by atoms with Gasteiger partial charge in [-0.2, -0.15) is 0 Å². The van der Waals surface area contributed by atoms with Gasteiger partial charge in [0.1, 0.15) is 11.6 Å². The minimum Gasteiger partial charge on any atom is -0.437 e. The lowest BCUT2D eigenvalue weighted by Gasteiger charge is -2.06. The van der Waals surface area contributed by atoms with Crippen molar-refractivity contribution in [3.63, 3.8) is 0 Å². The number of rotatable bonds is 2. The highest BCUT2D eigenvalue weighted by molar-refractivity contribution is 6.31. The number of hydrogen-bond acceptors (Lipinski definition) is 3. The fraction of sp³-hybridized carbons (Fsp3) is 0.0909. The number of H-pyrrole nitrogens is 1. The number of ether oxygens (including phenoxy) is 1. The summed E-state index contributed by atoms with van der Waals surface area (Å²) < 4.78 is 18.3. The predicted molar refractivity (Wildman–Crippen MR) is 61.1 cm³/mol. The molecule has 0 amide bonds. The quantitative estimate of drug-likeness (QED) is 0.896. The number of nitrogens with one attached hydrogen (secondary N) is 1. The van der Waals surface area contributed by atoms with Crippen LogP contribution in [0, 0.1) is 12.7 Å². The molecule has 4 nitrogen and oxygen atoms in total. The summed E-state index contributed by atoms with van der Waals surface area (Å²) >= 11 is 5.71. The van der Waals surface area contributed by atoms with Crippen LogP contribution in [0.1, 0.15) is 5.56 Å². The average molecular weight is 255 g/mol. The molecule has 17 heavy (non-hydrogen) atoms. The molecular formula is C11H8ClFN2O2. The topological polar surface area (TPSA) is 55.0 Å². The van der Waals surface area contributed by atoms with E-state index in [4.69, 9.17) is 16.3 Å². The molecule has 2 aromatic rings. The Hall–Kier alpha value is -1.88. The molecule has 1 heterocycles. The molecule has 0 aliphatic carbocycles. The van der Waals surface area contributed by atoms with E-state index >= 15 is 0 Å². The van der Waals surface area contributed by atoms with Crippen LogP contribution in [0.25, 0.3) is 0 Å². The van der Waals surface area contributed by atoms with E-state index in [0.717, 1.165) is 0 Å². The summed E-state index contributed by atoms with van der Waals surface area (Å²) in [4.78, 5) is 17.3. The maximum Gasteiger partial charge on any atom is 0.273 e. The predicted octanol–water partition coefficient (Wildman–Crippen LogP) is 2.66. The summed E-state index contributed by atoms with van der Waals surface area (Å²) in [6.45, 7) is 1.61. The van der Waals surface area contributed by atoms with E-state index in [1.165, 1.54) is 24.5 Å². The zero-order chi connectivity index (χ0) is 12.4. The van der Waals surface area contributed by atoms with Gasteiger partial charge >= 0.3 is 0 Å². The minimum atomic E-state index is -0.490. The number of halogens is 2. The molecule has 1 aromatic heterocycles. The molecule has 0 aliphatic heterocycles. The largest absolute Gasteiger partial charge is 0.437 e. The van der Waals surface area contributed by atoms with Gasteiger partial charge in [-0.25, -0.2) is 9.37 Å². The first-order valence-electron chi connectivity index (χ1n) is 4.75. The van der Waals surface area contributed by atoms with Crippen molar-refractivity contribution in [2.24, 2.45) is 0 Å². The first-order chi connectivity index (χ1) is 8.08. The first kappa shape index (κ1) is 11.6. The molecule has 6 heteroatoms. The third-order valence-electron chi connectivity index (χ3n) is 2.11. The number of benzene rings is 1. The van der Waals surface area contributed by atoms with Crippen LogP contribution in [-0.2, 0) is 0 Å². The van der Waals surface area contributed by atoms with E-state index < -0.39 is 5.56 Å². The Kier molecular flexibility index (Phi) is 3.10. The third kappa shape index (κ3) is 2.45. The van der Waals surface area contributed by atoms with Crippen LogP contribution in [0.2, 0.25) is 5.02 Å². The average Bonchev–Trinajstić information content (AvgIpc) is 2.30. The smallest absolute Gasteiger partial charge is 0.273 e. The van der Waals surface area contributed by atoms with Crippen molar-refractivity contribution in [1.82, 2.24) is 9.97 Å². The van der Waals surface area contributed by atoms with Crippen molar-refractivity contribution in [3.8, 4) is 11.6 Å².